The lowest BCUT2D eigenvalue weighted by Crippen LogP contribution is -2.26. The summed E-state index contributed by atoms with van der Waals surface area (Å²) in [5.74, 6) is 1.23. The molecule has 0 radical (unpaired) electrons. The molecule has 0 spiro atoms. The summed E-state index contributed by atoms with van der Waals surface area (Å²) in [7, 11) is 0. The first-order valence-corrected chi connectivity index (χ1v) is 8.03. The standard InChI is InChI=1S/C16H16N2O3S/c1-10(13-3-2-7-21-13)17-16(20)11-4-5-14-12(9-11)18-15(19)6-8-22-14/h2-5,7,9-10H,6,8H2,1H3,(H,17,20)(H,18,19). The predicted octanol–water partition coefficient (Wildman–Crippen LogP) is 3.20. The van der Waals surface area contributed by atoms with E-state index in [-0.39, 0.29) is 17.9 Å². The molecule has 0 aliphatic carbocycles. The number of rotatable bonds is 3. The number of fused-ring (bicyclic) bond motifs is 1. The van der Waals surface area contributed by atoms with Gasteiger partial charge in [0.05, 0.1) is 18.0 Å². The van der Waals surface area contributed by atoms with Gasteiger partial charge in [0.15, 0.2) is 0 Å². The smallest absolute Gasteiger partial charge is 0.251 e. The van der Waals surface area contributed by atoms with Gasteiger partial charge in [-0.25, -0.2) is 0 Å². The number of carbonyl (C=O) groups is 2. The van der Waals surface area contributed by atoms with Crippen molar-refractivity contribution in [3.63, 3.8) is 0 Å². The van der Waals surface area contributed by atoms with E-state index in [4.69, 9.17) is 4.42 Å². The molecule has 0 saturated heterocycles. The van der Waals surface area contributed by atoms with Crippen molar-refractivity contribution in [1.29, 1.82) is 0 Å². The average Bonchev–Trinajstić information content (AvgIpc) is 2.96. The number of benzene rings is 1. The maximum atomic E-state index is 12.3. The number of amides is 2. The third-order valence-electron chi connectivity index (χ3n) is 3.42. The number of anilines is 1. The molecule has 114 valence electrons. The van der Waals surface area contributed by atoms with Crippen LogP contribution in [0, 0.1) is 0 Å². The maximum Gasteiger partial charge on any atom is 0.251 e. The lowest BCUT2D eigenvalue weighted by atomic mass is 10.1. The first kappa shape index (κ1) is 14.7. The molecule has 2 amide bonds. The van der Waals surface area contributed by atoms with E-state index in [9.17, 15) is 9.59 Å². The number of hydrogen-bond donors (Lipinski definition) is 2. The van der Waals surface area contributed by atoms with Gasteiger partial charge in [0.1, 0.15) is 5.76 Å². The Morgan fingerprint density at radius 3 is 3.05 bits per heavy atom. The summed E-state index contributed by atoms with van der Waals surface area (Å²) in [6.07, 6.45) is 2.06. The molecular weight excluding hydrogens is 300 g/mol. The molecular formula is C16H16N2O3S. The Balaban J connectivity index is 1.77. The van der Waals surface area contributed by atoms with Gasteiger partial charge in [-0.15, -0.1) is 11.8 Å². The van der Waals surface area contributed by atoms with Gasteiger partial charge in [0.25, 0.3) is 5.91 Å². The van der Waals surface area contributed by atoms with E-state index in [0.29, 0.717) is 23.4 Å². The Morgan fingerprint density at radius 1 is 1.41 bits per heavy atom. The Kier molecular flexibility index (Phi) is 4.20. The topological polar surface area (TPSA) is 71.3 Å². The molecule has 6 heteroatoms. The highest BCUT2D eigenvalue weighted by Gasteiger charge is 2.17. The molecule has 2 N–H and O–H groups in total. The van der Waals surface area contributed by atoms with Crippen LogP contribution in [0.1, 0.15) is 35.5 Å². The van der Waals surface area contributed by atoms with Gasteiger partial charge in [0, 0.05) is 22.6 Å². The lowest BCUT2D eigenvalue weighted by Gasteiger charge is -2.13. The highest BCUT2D eigenvalue weighted by atomic mass is 32.2. The van der Waals surface area contributed by atoms with Gasteiger partial charge >= 0.3 is 0 Å². The normalized spacial score (nSPS) is 15.4. The molecule has 0 saturated carbocycles. The van der Waals surface area contributed by atoms with Crippen molar-refractivity contribution >= 4 is 29.3 Å². The quantitative estimate of drug-likeness (QED) is 0.912. The van der Waals surface area contributed by atoms with Crippen molar-refractivity contribution in [3.8, 4) is 0 Å². The second kappa shape index (κ2) is 6.27. The second-order valence-electron chi connectivity index (χ2n) is 5.07. The molecule has 0 bridgehead atoms. The van der Waals surface area contributed by atoms with Crippen LogP contribution in [0.3, 0.4) is 0 Å². The highest BCUT2D eigenvalue weighted by Crippen LogP contribution is 2.31. The second-order valence-corrected chi connectivity index (χ2v) is 6.20. The van der Waals surface area contributed by atoms with Crippen LogP contribution in [-0.2, 0) is 4.79 Å². The summed E-state index contributed by atoms with van der Waals surface area (Å²) in [5.41, 5.74) is 1.21. The Hall–Kier alpha value is -2.21. The van der Waals surface area contributed by atoms with E-state index in [1.807, 2.05) is 19.1 Å². The van der Waals surface area contributed by atoms with E-state index >= 15 is 0 Å². The van der Waals surface area contributed by atoms with Crippen LogP contribution in [0.5, 0.6) is 0 Å². The van der Waals surface area contributed by atoms with Crippen LogP contribution < -0.4 is 10.6 Å². The van der Waals surface area contributed by atoms with Crippen LogP contribution in [0.25, 0.3) is 0 Å². The van der Waals surface area contributed by atoms with Crippen molar-refractivity contribution in [2.75, 3.05) is 11.1 Å². The number of furan rings is 1. The number of carbonyl (C=O) groups excluding carboxylic acids is 2. The molecule has 1 atom stereocenters. The van der Waals surface area contributed by atoms with Gasteiger partial charge in [-0.3, -0.25) is 9.59 Å². The lowest BCUT2D eigenvalue weighted by molar-refractivity contribution is -0.115. The van der Waals surface area contributed by atoms with Crippen LogP contribution in [0.4, 0.5) is 5.69 Å². The number of hydrogen-bond acceptors (Lipinski definition) is 4. The van der Waals surface area contributed by atoms with Crippen LogP contribution in [-0.4, -0.2) is 17.6 Å². The van der Waals surface area contributed by atoms with Gasteiger partial charge in [-0.1, -0.05) is 0 Å². The summed E-state index contributed by atoms with van der Waals surface area (Å²) >= 11 is 1.62. The first-order chi connectivity index (χ1) is 10.6. The zero-order valence-electron chi connectivity index (χ0n) is 12.1. The SMILES string of the molecule is CC(NC(=O)c1ccc2c(c1)NC(=O)CCS2)c1ccco1. The van der Waals surface area contributed by atoms with E-state index in [2.05, 4.69) is 10.6 Å². The fourth-order valence-electron chi connectivity index (χ4n) is 2.25. The largest absolute Gasteiger partial charge is 0.467 e. The molecule has 1 aromatic heterocycles. The number of nitrogens with one attached hydrogen (secondary N) is 2. The van der Waals surface area contributed by atoms with E-state index in [1.54, 1.807) is 36.2 Å². The molecule has 1 aliphatic heterocycles. The fourth-order valence-corrected chi connectivity index (χ4v) is 3.19. The van der Waals surface area contributed by atoms with Gasteiger partial charge in [-0.05, 0) is 37.3 Å². The van der Waals surface area contributed by atoms with Crippen molar-refractivity contribution in [2.24, 2.45) is 0 Å². The molecule has 1 aromatic carbocycles. The van der Waals surface area contributed by atoms with Crippen molar-refractivity contribution in [1.82, 2.24) is 5.32 Å². The van der Waals surface area contributed by atoms with Crippen molar-refractivity contribution < 1.29 is 14.0 Å². The minimum absolute atomic E-state index is 0.0206. The van der Waals surface area contributed by atoms with Crippen LogP contribution in [0.15, 0.2) is 45.9 Å². The van der Waals surface area contributed by atoms with Gasteiger partial charge in [-0.2, -0.15) is 0 Å². The van der Waals surface area contributed by atoms with Gasteiger partial charge < -0.3 is 15.1 Å². The minimum atomic E-state index is -0.217. The van der Waals surface area contributed by atoms with E-state index in [1.165, 1.54) is 0 Å². The third kappa shape index (κ3) is 3.17. The molecule has 2 heterocycles. The van der Waals surface area contributed by atoms with Crippen molar-refractivity contribution in [3.05, 3.63) is 47.9 Å². The monoisotopic (exact) mass is 316 g/mol. The summed E-state index contributed by atoms with van der Waals surface area (Å²) in [4.78, 5) is 24.9. The molecule has 5 nitrogen and oxygen atoms in total. The Morgan fingerprint density at radius 2 is 2.27 bits per heavy atom. The molecule has 0 fully saturated rings. The summed E-state index contributed by atoms with van der Waals surface area (Å²) in [5, 5.41) is 5.72. The Labute approximate surface area is 132 Å². The molecule has 22 heavy (non-hydrogen) atoms. The predicted molar refractivity (Wildman–Crippen MR) is 85.0 cm³/mol. The molecule has 1 aliphatic rings. The summed E-state index contributed by atoms with van der Waals surface area (Å²) < 4.78 is 5.28. The van der Waals surface area contributed by atoms with Gasteiger partial charge in [0.2, 0.25) is 5.91 Å². The molecule has 3 rings (SSSR count). The van der Waals surface area contributed by atoms with Crippen molar-refractivity contribution in [2.45, 2.75) is 24.3 Å². The Bertz CT molecular complexity index is 697. The minimum Gasteiger partial charge on any atom is -0.467 e. The zero-order valence-corrected chi connectivity index (χ0v) is 12.9. The van der Waals surface area contributed by atoms with E-state index in [0.717, 1.165) is 10.6 Å². The van der Waals surface area contributed by atoms with Crippen LogP contribution in [0.2, 0.25) is 0 Å². The summed E-state index contributed by atoms with van der Waals surface area (Å²) in [6.45, 7) is 1.86. The zero-order chi connectivity index (χ0) is 15.5. The first-order valence-electron chi connectivity index (χ1n) is 7.04. The highest BCUT2D eigenvalue weighted by molar-refractivity contribution is 7.99. The third-order valence-corrected chi connectivity index (χ3v) is 4.50. The van der Waals surface area contributed by atoms with E-state index < -0.39 is 0 Å². The summed E-state index contributed by atoms with van der Waals surface area (Å²) in [6, 6.07) is 8.75. The molecule has 2 aromatic rings. The average molecular weight is 316 g/mol. The number of thioether (sulfide) groups is 1. The molecule has 1 unspecified atom stereocenters. The maximum absolute atomic E-state index is 12.3. The fraction of sp³-hybridized carbons (Fsp3) is 0.250. The van der Waals surface area contributed by atoms with Crippen LogP contribution >= 0.6 is 11.8 Å².